The second-order valence-electron chi connectivity index (χ2n) is 4.98. The number of aryl methyl sites for hydroxylation is 1. The van der Waals surface area contributed by atoms with Gasteiger partial charge in [0.2, 0.25) is 5.91 Å². The van der Waals surface area contributed by atoms with Crippen molar-refractivity contribution in [3.8, 4) is 0 Å². The molecule has 2 rings (SSSR count). The minimum absolute atomic E-state index is 0.107. The molecular weight excluding hydrogens is 276 g/mol. The number of carbonyl (C=O) groups is 2. The van der Waals surface area contributed by atoms with Crippen molar-refractivity contribution in [3.05, 3.63) is 15.6 Å². The number of carbonyl (C=O) groups excluding carboxylic acids is 2. The van der Waals surface area contributed by atoms with E-state index in [1.54, 1.807) is 6.92 Å². The molecule has 0 bridgehead atoms. The van der Waals surface area contributed by atoms with Crippen molar-refractivity contribution in [2.24, 2.45) is 0 Å². The monoisotopic (exact) mass is 296 g/mol. The largest absolute Gasteiger partial charge is 0.465 e. The molecule has 0 unspecified atom stereocenters. The number of hydrogen-bond donors (Lipinski definition) is 0. The van der Waals surface area contributed by atoms with Gasteiger partial charge in [-0.15, -0.1) is 11.3 Å². The molecule has 1 atom stereocenters. The zero-order chi connectivity index (χ0) is 14.7. The summed E-state index contributed by atoms with van der Waals surface area (Å²) in [6, 6.07) is 0. The fourth-order valence-corrected chi connectivity index (χ4v) is 3.70. The molecule has 0 spiro atoms. The summed E-state index contributed by atoms with van der Waals surface area (Å²) in [5.74, 6) is 0.0290. The van der Waals surface area contributed by atoms with Crippen LogP contribution in [0.2, 0.25) is 0 Å². The van der Waals surface area contributed by atoms with E-state index in [9.17, 15) is 9.59 Å². The highest BCUT2D eigenvalue weighted by Crippen LogP contribution is 2.32. The molecule has 110 valence electrons. The standard InChI is InChI=1S/C14H20N2O3S/c1-4-11-12(14(18)19-3)20-13(15-11)10-6-5-7-16(8-10)9(2)17/h10H,4-8H2,1-3H3/t10-/m0/s1. The zero-order valence-corrected chi connectivity index (χ0v) is 13.0. The first-order valence-corrected chi connectivity index (χ1v) is 7.71. The normalized spacial score (nSPS) is 18.9. The minimum Gasteiger partial charge on any atom is -0.465 e. The lowest BCUT2D eigenvalue weighted by Crippen LogP contribution is -2.37. The number of esters is 1. The number of nitrogens with zero attached hydrogens (tertiary/aromatic N) is 2. The van der Waals surface area contributed by atoms with Crippen LogP contribution in [0.4, 0.5) is 0 Å². The molecule has 0 N–H and O–H groups in total. The van der Waals surface area contributed by atoms with Crippen LogP contribution in [-0.4, -0.2) is 42.0 Å². The summed E-state index contributed by atoms with van der Waals surface area (Å²) in [4.78, 5) is 30.3. The number of hydrogen-bond acceptors (Lipinski definition) is 5. The van der Waals surface area contributed by atoms with Crippen LogP contribution in [0.1, 0.15) is 53.0 Å². The Morgan fingerprint density at radius 3 is 2.85 bits per heavy atom. The minimum atomic E-state index is -0.315. The molecule has 0 saturated carbocycles. The number of likely N-dealkylation sites (tertiary alicyclic amines) is 1. The Kier molecular flexibility index (Phi) is 4.75. The maximum atomic E-state index is 11.7. The van der Waals surface area contributed by atoms with Crippen molar-refractivity contribution < 1.29 is 14.3 Å². The predicted octanol–water partition coefficient (Wildman–Crippen LogP) is 2.22. The lowest BCUT2D eigenvalue weighted by atomic mass is 9.99. The van der Waals surface area contributed by atoms with E-state index in [0.29, 0.717) is 17.8 Å². The third-order valence-corrected chi connectivity index (χ3v) is 4.88. The number of aromatic nitrogens is 1. The first-order chi connectivity index (χ1) is 9.56. The number of rotatable bonds is 3. The third kappa shape index (κ3) is 3.00. The Morgan fingerprint density at radius 1 is 1.50 bits per heavy atom. The lowest BCUT2D eigenvalue weighted by Gasteiger charge is -2.30. The second-order valence-corrected chi connectivity index (χ2v) is 6.01. The molecule has 1 aliphatic rings. The number of thiazole rings is 1. The summed E-state index contributed by atoms with van der Waals surface area (Å²) in [7, 11) is 1.39. The smallest absolute Gasteiger partial charge is 0.349 e. The van der Waals surface area contributed by atoms with Crippen molar-refractivity contribution in [1.82, 2.24) is 9.88 Å². The van der Waals surface area contributed by atoms with Crippen molar-refractivity contribution in [3.63, 3.8) is 0 Å². The molecule has 20 heavy (non-hydrogen) atoms. The Bertz CT molecular complexity index is 513. The summed E-state index contributed by atoms with van der Waals surface area (Å²) in [5.41, 5.74) is 0.803. The van der Waals surface area contributed by atoms with Crippen molar-refractivity contribution >= 4 is 23.2 Å². The molecule has 1 fully saturated rings. The summed E-state index contributed by atoms with van der Waals surface area (Å²) >= 11 is 1.41. The van der Waals surface area contributed by atoms with Gasteiger partial charge in [0.05, 0.1) is 17.8 Å². The average Bonchev–Trinajstić information content (AvgIpc) is 2.90. The molecule has 0 radical (unpaired) electrons. The fraction of sp³-hybridized carbons (Fsp3) is 0.643. The molecule has 1 aliphatic heterocycles. The molecule has 2 heterocycles. The topological polar surface area (TPSA) is 59.5 Å². The molecule has 5 nitrogen and oxygen atoms in total. The summed E-state index contributed by atoms with van der Waals surface area (Å²) in [5, 5.41) is 0.952. The number of methoxy groups -OCH3 is 1. The molecule has 1 amide bonds. The summed E-state index contributed by atoms with van der Waals surface area (Å²) in [6.45, 7) is 5.10. The summed E-state index contributed by atoms with van der Waals surface area (Å²) < 4.78 is 4.81. The highest BCUT2D eigenvalue weighted by molar-refractivity contribution is 7.13. The Balaban J connectivity index is 2.22. The van der Waals surface area contributed by atoms with Crippen LogP contribution in [-0.2, 0) is 16.0 Å². The number of piperidine rings is 1. The van der Waals surface area contributed by atoms with E-state index in [1.165, 1.54) is 18.4 Å². The van der Waals surface area contributed by atoms with Crippen LogP contribution in [0.3, 0.4) is 0 Å². The Hall–Kier alpha value is -1.43. The van der Waals surface area contributed by atoms with Gasteiger partial charge in [-0.3, -0.25) is 4.79 Å². The number of amides is 1. The van der Waals surface area contributed by atoms with Crippen LogP contribution in [0, 0.1) is 0 Å². The zero-order valence-electron chi connectivity index (χ0n) is 12.1. The Morgan fingerprint density at radius 2 is 2.25 bits per heavy atom. The van der Waals surface area contributed by atoms with Crippen LogP contribution < -0.4 is 0 Å². The van der Waals surface area contributed by atoms with E-state index in [0.717, 1.165) is 30.1 Å². The van der Waals surface area contributed by atoms with E-state index in [2.05, 4.69) is 4.98 Å². The molecule has 1 saturated heterocycles. The predicted molar refractivity (Wildman–Crippen MR) is 77.1 cm³/mol. The van der Waals surface area contributed by atoms with Crippen molar-refractivity contribution in [1.29, 1.82) is 0 Å². The third-order valence-electron chi connectivity index (χ3n) is 3.64. The van der Waals surface area contributed by atoms with Gasteiger partial charge in [-0.1, -0.05) is 6.92 Å². The van der Waals surface area contributed by atoms with E-state index in [4.69, 9.17) is 4.74 Å². The van der Waals surface area contributed by atoms with Gasteiger partial charge in [-0.2, -0.15) is 0 Å². The average molecular weight is 296 g/mol. The SMILES string of the molecule is CCc1nc([C@H]2CCCN(C(C)=O)C2)sc1C(=O)OC. The van der Waals surface area contributed by atoms with Gasteiger partial charge in [0.1, 0.15) is 4.88 Å². The Labute approximate surface area is 122 Å². The molecule has 1 aromatic rings. The fourth-order valence-electron chi connectivity index (χ4n) is 2.50. The van der Waals surface area contributed by atoms with Gasteiger partial charge >= 0.3 is 5.97 Å². The van der Waals surface area contributed by atoms with Gasteiger partial charge in [-0.05, 0) is 19.3 Å². The first-order valence-electron chi connectivity index (χ1n) is 6.90. The van der Waals surface area contributed by atoms with E-state index >= 15 is 0 Å². The molecule has 0 aliphatic carbocycles. The van der Waals surface area contributed by atoms with E-state index in [-0.39, 0.29) is 17.8 Å². The van der Waals surface area contributed by atoms with Gasteiger partial charge in [0, 0.05) is 25.9 Å². The van der Waals surface area contributed by atoms with Crippen molar-refractivity contribution in [2.45, 2.75) is 39.0 Å². The van der Waals surface area contributed by atoms with Gasteiger partial charge in [-0.25, -0.2) is 9.78 Å². The first kappa shape index (κ1) is 15.0. The molecular formula is C14H20N2O3S. The highest BCUT2D eigenvalue weighted by atomic mass is 32.1. The van der Waals surface area contributed by atoms with Crippen LogP contribution in [0.25, 0.3) is 0 Å². The van der Waals surface area contributed by atoms with Crippen LogP contribution >= 0.6 is 11.3 Å². The number of ether oxygens (including phenoxy) is 1. The van der Waals surface area contributed by atoms with Gasteiger partial charge in [0.25, 0.3) is 0 Å². The molecule has 6 heteroatoms. The summed E-state index contributed by atoms with van der Waals surface area (Å²) in [6.07, 6.45) is 2.71. The van der Waals surface area contributed by atoms with E-state index < -0.39 is 0 Å². The lowest BCUT2D eigenvalue weighted by molar-refractivity contribution is -0.130. The van der Waals surface area contributed by atoms with Gasteiger partial charge in [0.15, 0.2) is 0 Å². The van der Waals surface area contributed by atoms with E-state index in [1.807, 2.05) is 11.8 Å². The second kappa shape index (κ2) is 6.35. The van der Waals surface area contributed by atoms with Crippen molar-refractivity contribution in [2.75, 3.05) is 20.2 Å². The maximum absolute atomic E-state index is 11.7. The van der Waals surface area contributed by atoms with Gasteiger partial charge < -0.3 is 9.64 Å². The molecule has 0 aromatic carbocycles. The maximum Gasteiger partial charge on any atom is 0.349 e. The van der Waals surface area contributed by atoms with Crippen LogP contribution in [0.15, 0.2) is 0 Å². The quantitative estimate of drug-likeness (QED) is 0.802. The van der Waals surface area contributed by atoms with Crippen LogP contribution in [0.5, 0.6) is 0 Å². The highest BCUT2D eigenvalue weighted by Gasteiger charge is 2.27. The molecule has 1 aromatic heterocycles.